The second-order valence-corrected chi connectivity index (χ2v) is 3.00. The predicted molar refractivity (Wildman–Crippen MR) is 40.4 cm³/mol. The van der Waals surface area contributed by atoms with E-state index in [4.69, 9.17) is 10.6 Å². The van der Waals surface area contributed by atoms with E-state index in [1.54, 1.807) is 5.01 Å². The molecule has 0 aromatic heterocycles. The van der Waals surface area contributed by atoms with Crippen molar-refractivity contribution in [2.45, 2.75) is 12.8 Å². The minimum Gasteiger partial charge on any atom is -0.381 e. The molecule has 3 heteroatoms. The molecule has 0 saturated carbocycles. The van der Waals surface area contributed by atoms with Gasteiger partial charge in [-0.15, -0.1) is 0 Å². The van der Waals surface area contributed by atoms with Gasteiger partial charge in [0.2, 0.25) is 0 Å². The normalized spacial score (nSPS) is 21.9. The van der Waals surface area contributed by atoms with Crippen molar-refractivity contribution in [2.75, 3.05) is 26.8 Å². The number of ether oxygens (including phenoxy) is 1. The minimum absolute atomic E-state index is 0.753. The van der Waals surface area contributed by atoms with Crippen LogP contribution in [0.2, 0.25) is 0 Å². The third-order valence-electron chi connectivity index (χ3n) is 1.89. The molecule has 1 saturated heterocycles. The first-order chi connectivity index (χ1) is 4.79. The van der Waals surface area contributed by atoms with Crippen LogP contribution >= 0.6 is 0 Å². The summed E-state index contributed by atoms with van der Waals surface area (Å²) in [6.45, 7) is 2.83. The van der Waals surface area contributed by atoms with Gasteiger partial charge in [0.25, 0.3) is 0 Å². The lowest BCUT2D eigenvalue weighted by Crippen LogP contribution is -2.34. The number of nitrogens with zero attached hydrogens (tertiary/aromatic N) is 1. The molecule has 1 rings (SSSR count). The molecular formula is C7H16N2O. The molecule has 0 aliphatic carbocycles. The van der Waals surface area contributed by atoms with Crippen LogP contribution in [0.3, 0.4) is 0 Å². The van der Waals surface area contributed by atoms with Gasteiger partial charge in [0.15, 0.2) is 0 Å². The maximum Gasteiger partial charge on any atom is 0.0469 e. The lowest BCUT2D eigenvalue weighted by atomic mass is 10.0. The standard InChI is InChI=1S/C7H16N2O/c1-9(8)6-7-2-4-10-5-3-7/h7H,2-6,8H2,1H3. The first kappa shape index (κ1) is 7.98. The van der Waals surface area contributed by atoms with Gasteiger partial charge in [-0.3, -0.25) is 5.84 Å². The van der Waals surface area contributed by atoms with E-state index in [1.807, 2.05) is 7.05 Å². The van der Waals surface area contributed by atoms with Gasteiger partial charge < -0.3 is 4.74 Å². The third-order valence-corrected chi connectivity index (χ3v) is 1.89. The third kappa shape index (κ3) is 2.64. The highest BCUT2D eigenvalue weighted by atomic mass is 16.5. The number of hydrazine groups is 1. The Balaban J connectivity index is 2.13. The monoisotopic (exact) mass is 144 g/mol. The van der Waals surface area contributed by atoms with Crippen LogP contribution in [0.4, 0.5) is 0 Å². The molecule has 0 unspecified atom stereocenters. The number of rotatable bonds is 2. The summed E-state index contributed by atoms with van der Waals surface area (Å²) in [7, 11) is 1.91. The Labute approximate surface area is 62.1 Å². The fraction of sp³-hybridized carbons (Fsp3) is 1.00. The number of hydrogen-bond acceptors (Lipinski definition) is 3. The Morgan fingerprint density at radius 2 is 2.10 bits per heavy atom. The van der Waals surface area contributed by atoms with Crippen molar-refractivity contribution in [3.63, 3.8) is 0 Å². The Bertz CT molecular complexity index is 89.6. The summed E-state index contributed by atoms with van der Waals surface area (Å²) in [4.78, 5) is 0. The van der Waals surface area contributed by atoms with E-state index in [0.29, 0.717) is 0 Å². The molecule has 10 heavy (non-hydrogen) atoms. The number of hydrogen-bond donors (Lipinski definition) is 1. The summed E-state index contributed by atoms with van der Waals surface area (Å²) < 4.78 is 5.22. The largest absolute Gasteiger partial charge is 0.381 e. The molecule has 0 atom stereocenters. The second kappa shape index (κ2) is 3.91. The van der Waals surface area contributed by atoms with Crippen LogP contribution in [0.1, 0.15) is 12.8 Å². The summed E-state index contributed by atoms with van der Waals surface area (Å²) in [5, 5.41) is 1.76. The highest BCUT2D eigenvalue weighted by Gasteiger charge is 2.13. The zero-order valence-electron chi connectivity index (χ0n) is 6.55. The smallest absolute Gasteiger partial charge is 0.0469 e. The molecule has 60 valence electrons. The topological polar surface area (TPSA) is 38.5 Å². The molecule has 1 fully saturated rings. The van der Waals surface area contributed by atoms with E-state index in [-0.39, 0.29) is 0 Å². The van der Waals surface area contributed by atoms with Crippen molar-refractivity contribution in [1.82, 2.24) is 5.01 Å². The summed E-state index contributed by atoms with van der Waals surface area (Å²) in [5.74, 6) is 6.27. The molecule has 1 aliphatic rings. The lowest BCUT2D eigenvalue weighted by Gasteiger charge is -2.24. The van der Waals surface area contributed by atoms with Gasteiger partial charge in [0.05, 0.1) is 0 Å². The first-order valence-corrected chi connectivity index (χ1v) is 3.82. The average molecular weight is 144 g/mol. The van der Waals surface area contributed by atoms with Crippen molar-refractivity contribution in [2.24, 2.45) is 11.8 Å². The van der Waals surface area contributed by atoms with E-state index in [2.05, 4.69) is 0 Å². The van der Waals surface area contributed by atoms with E-state index < -0.39 is 0 Å². The molecule has 0 amide bonds. The maximum atomic E-state index is 5.52. The SMILES string of the molecule is CN(N)CC1CCOCC1. The van der Waals surface area contributed by atoms with Gasteiger partial charge >= 0.3 is 0 Å². The van der Waals surface area contributed by atoms with Gasteiger partial charge in [-0.2, -0.15) is 0 Å². The van der Waals surface area contributed by atoms with Crippen LogP contribution < -0.4 is 5.84 Å². The zero-order valence-corrected chi connectivity index (χ0v) is 6.55. The summed E-state index contributed by atoms with van der Waals surface area (Å²) >= 11 is 0. The highest BCUT2D eigenvalue weighted by molar-refractivity contribution is 4.64. The molecule has 0 bridgehead atoms. The van der Waals surface area contributed by atoms with E-state index >= 15 is 0 Å². The Hall–Kier alpha value is -0.120. The summed E-state index contributed by atoms with van der Waals surface area (Å²) in [6, 6.07) is 0. The quantitative estimate of drug-likeness (QED) is 0.445. The molecule has 0 aromatic carbocycles. The first-order valence-electron chi connectivity index (χ1n) is 3.82. The van der Waals surface area contributed by atoms with Gasteiger partial charge in [0, 0.05) is 26.8 Å². The van der Waals surface area contributed by atoms with Gasteiger partial charge in [0.1, 0.15) is 0 Å². The Morgan fingerprint density at radius 1 is 1.50 bits per heavy atom. The van der Waals surface area contributed by atoms with E-state index in [0.717, 1.165) is 25.7 Å². The van der Waals surface area contributed by atoms with Crippen molar-refractivity contribution in [1.29, 1.82) is 0 Å². The van der Waals surface area contributed by atoms with Crippen molar-refractivity contribution in [3.05, 3.63) is 0 Å². The van der Waals surface area contributed by atoms with Crippen LogP contribution in [-0.4, -0.2) is 31.8 Å². The summed E-state index contributed by atoms with van der Waals surface area (Å²) in [5.41, 5.74) is 0. The lowest BCUT2D eigenvalue weighted by molar-refractivity contribution is 0.0558. The fourth-order valence-electron chi connectivity index (χ4n) is 1.34. The van der Waals surface area contributed by atoms with Crippen molar-refractivity contribution >= 4 is 0 Å². The molecule has 0 radical (unpaired) electrons. The Morgan fingerprint density at radius 3 is 2.60 bits per heavy atom. The van der Waals surface area contributed by atoms with E-state index in [9.17, 15) is 0 Å². The fourth-order valence-corrected chi connectivity index (χ4v) is 1.34. The van der Waals surface area contributed by atoms with Crippen LogP contribution in [0.25, 0.3) is 0 Å². The Kier molecular flexibility index (Phi) is 3.12. The van der Waals surface area contributed by atoms with Gasteiger partial charge in [-0.1, -0.05) is 0 Å². The molecule has 2 N–H and O–H groups in total. The summed E-state index contributed by atoms with van der Waals surface area (Å²) in [6.07, 6.45) is 2.34. The molecule has 1 heterocycles. The maximum absolute atomic E-state index is 5.52. The van der Waals surface area contributed by atoms with Crippen LogP contribution in [0.5, 0.6) is 0 Å². The highest BCUT2D eigenvalue weighted by Crippen LogP contribution is 2.14. The van der Waals surface area contributed by atoms with Crippen LogP contribution in [0.15, 0.2) is 0 Å². The second-order valence-electron chi connectivity index (χ2n) is 3.00. The van der Waals surface area contributed by atoms with Crippen molar-refractivity contribution < 1.29 is 4.74 Å². The van der Waals surface area contributed by atoms with Crippen LogP contribution in [0, 0.1) is 5.92 Å². The predicted octanol–water partition coefficient (Wildman–Crippen LogP) is 0.218. The minimum atomic E-state index is 0.753. The van der Waals surface area contributed by atoms with Crippen molar-refractivity contribution in [3.8, 4) is 0 Å². The molecule has 3 nitrogen and oxygen atoms in total. The van der Waals surface area contributed by atoms with E-state index in [1.165, 1.54) is 12.8 Å². The molecule has 0 aromatic rings. The molecule has 0 spiro atoms. The van der Waals surface area contributed by atoms with Crippen LogP contribution in [-0.2, 0) is 4.74 Å². The van der Waals surface area contributed by atoms with Gasteiger partial charge in [-0.25, -0.2) is 5.01 Å². The molecular weight excluding hydrogens is 128 g/mol. The van der Waals surface area contributed by atoms with Gasteiger partial charge in [-0.05, 0) is 18.8 Å². The number of nitrogens with two attached hydrogens (primary N) is 1. The zero-order chi connectivity index (χ0) is 7.40. The molecule has 1 aliphatic heterocycles. The average Bonchev–Trinajstić information content (AvgIpc) is 1.88.